The van der Waals surface area contributed by atoms with E-state index < -0.39 is 24.5 Å². The number of aryl methyl sites for hydroxylation is 1. The summed E-state index contributed by atoms with van der Waals surface area (Å²) >= 11 is 0. The lowest BCUT2D eigenvalue weighted by Gasteiger charge is -2.17. The van der Waals surface area contributed by atoms with Crippen LogP contribution in [0.15, 0.2) is 60.7 Å². The highest BCUT2D eigenvalue weighted by Gasteiger charge is 2.37. The Labute approximate surface area is 231 Å². The van der Waals surface area contributed by atoms with E-state index in [1.54, 1.807) is 36.4 Å². The van der Waals surface area contributed by atoms with Gasteiger partial charge in [0.05, 0.1) is 6.61 Å². The van der Waals surface area contributed by atoms with E-state index in [0.29, 0.717) is 31.2 Å². The zero-order valence-corrected chi connectivity index (χ0v) is 22.3. The molecule has 40 heavy (non-hydrogen) atoms. The van der Waals surface area contributed by atoms with E-state index in [9.17, 15) is 18.4 Å². The van der Waals surface area contributed by atoms with Crippen molar-refractivity contribution in [3.05, 3.63) is 77.5 Å². The number of nitrogens with one attached hydrogen (secondary N) is 1. The van der Waals surface area contributed by atoms with Gasteiger partial charge in [-0.1, -0.05) is 29.8 Å². The average molecular weight is 552 g/mol. The van der Waals surface area contributed by atoms with Gasteiger partial charge in [0.15, 0.2) is 11.5 Å². The van der Waals surface area contributed by atoms with Crippen LogP contribution in [-0.2, 0) is 4.79 Å². The number of pyridine rings is 1. The van der Waals surface area contributed by atoms with Gasteiger partial charge in [0.2, 0.25) is 5.88 Å². The molecular weight excluding hydrogens is 520 g/mol. The third kappa shape index (κ3) is 6.93. The van der Waals surface area contributed by atoms with Crippen LogP contribution in [0.3, 0.4) is 0 Å². The number of carbonyl (C=O) groups excluding carboxylic acids is 2. The van der Waals surface area contributed by atoms with E-state index in [0.717, 1.165) is 24.0 Å². The summed E-state index contributed by atoms with van der Waals surface area (Å²) in [5.41, 5.74) is 2.69. The molecule has 2 aliphatic rings. The molecule has 1 saturated carbocycles. The van der Waals surface area contributed by atoms with Crippen LogP contribution >= 0.6 is 0 Å². The van der Waals surface area contributed by atoms with E-state index >= 15 is 0 Å². The van der Waals surface area contributed by atoms with Gasteiger partial charge in [-0.2, -0.15) is 8.78 Å². The normalized spacial score (nSPS) is 18.9. The molecule has 2 unspecified atom stereocenters. The Morgan fingerprint density at radius 2 is 1.85 bits per heavy atom. The minimum atomic E-state index is -2.95. The predicted octanol–water partition coefficient (Wildman–Crippen LogP) is 5.43. The van der Waals surface area contributed by atoms with Crippen molar-refractivity contribution in [1.29, 1.82) is 0 Å². The van der Waals surface area contributed by atoms with Gasteiger partial charge in [0.25, 0.3) is 5.91 Å². The van der Waals surface area contributed by atoms with Crippen LogP contribution in [0.4, 0.5) is 14.5 Å². The van der Waals surface area contributed by atoms with E-state index in [-0.39, 0.29) is 29.0 Å². The number of halogens is 2. The van der Waals surface area contributed by atoms with Gasteiger partial charge in [-0.05, 0) is 81.0 Å². The summed E-state index contributed by atoms with van der Waals surface area (Å²) in [5.74, 6) is -0.202. The lowest BCUT2D eigenvalue weighted by Crippen LogP contribution is -2.36. The molecule has 3 aromatic rings. The van der Waals surface area contributed by atoms with Crippen LogP contribution in [0.5, 0.6) is 17.4 Å². The maximum Gasteiger partial charge on any atom is 0.387 e. The van der Waals surface area contributed by atoms with Crippen molar-refractivity contribution in [2.75, 3.05) is 25.5 Å². The van der Waals surface area contributed by atoms with Gasteiger partial charge in [-0.3, -0.25) is 9.69 Å². The summed E-state index contributed by atoms with van der Waals surface area (Å²) in [6, 6.07) is 16.4. The molecule has 1 amide bonds. The fourth-order valence-electron chi connectivity index (χ4n) is 4.69. The van der Waals surface area contributed by atoms with Gasteiger partial charge < -0.3 is 19.5 Å². The quantitative estimate of drug-likeness (QED) is 0.336. The number of hydrogen-bond acceptors (Lipinski definition) is 7. The number of rotatable bonds is 10. The first kappa shape index (κ1) is 27.5. The molecule has 1 aromatic heterocycles. The Bertz CT molecular complexity index is 1360. The summed E-state index contributed by atoms with van der Waals surface area (Å²) < 4.78 is 41.8. The zero-order chi connectivity index (χ0) is 28.2. The van der Waals surface area contributed by atoms with Gasteiger partial charge in [0.1, 0.15) is 11.7 Å². The molecule has 1 saturated heterocycles. The zero-order valence-electron chi connectivity index (χ0n) is 22.3. The second kappa shape index (κ2) is 12.0. The van der Waals surface area contributed by atoms with Crippen molar-refractivity contribution >= 4 is 17.6 Å². The SMILES string of the molecule is Cc1ccc(NC(=O)c2cccc(OC(=O)C3CC(c4ccc(OC(F)F)c(OCC5CC5)c4)CN3C)n2)cc1. The number of likely N-dealkylation sites (tertiary alicyclic amines) is 1. The van der Waals surface area contributed by atoms with Crippen LogP contribution in [0.25, 0.3) is 0 Å². The number of benzene rings is 2. The third-order valence-corrected chi connectivity index (χ3v) is 7.12. The second-order valence-electron chi connectivity index (χ2n) is 10.3. The highest BCUT2D eigenvalue weighted by Crippen LogP contribution is 2.38. The van der Waals surface area contributed by atoms with Gasteiger partial charge in [-0.25, -0.2) is 9.78 Å². The number of alkyl halides is 2. The van der Waals surface area contributed by atoms with Gasteiger partial charge >= 0.3 is 12.6 Å². The van der Waals surface area contributed by atoms with E-state index in [2.05, 4.69) is 15.0 Å². The van der Waals surface area contributed by atoms with Crippen LogP contribution in [0, 0.1) is 12.8 Å². The number of likely N-dealkylation sites (N-methyl/N-ethyl adjacent to an activating group) is 1. The maximum absolute atomic E-state index is 13.1. The topological polar surface area (TPSA) is 90.0 Å². The molecule has 8 nitrogen and oxygen atoms in total. The first-order valence-corrected chi connectivity index (χ1v) is 13.2. The molecule has 0 bridgehead atoms. The number of anilines is 1. The number of ether oxygens (including phenoxy) is 3. The van der Waals surface area contributed by atoms with Crippen molar-refractivity contribution < 1.29 is 32.6 Å². The van der Waals surface area contributed by atoms with E-state index in [1.165, 1.54) is 12.1 Å². The van der Waals surface area contributed by atoms with Crippen LogP contribution in [-0.4, -0.2) is 54.6 Å². The Morgan fingerprint density at radius 1 is 1.07 bits per heavy atom. The lowest BCUT2D eigenvalue weighted by molar-refractivity contribution is -0.139. The molecular formula is C30H31F2N3O5. The second-order valence-corrected chi connectivity index (χ2v) is 10.3. The summed E-state index contributed by atoms with van der Waals surface area (Å²) in [4.78, 5) is 31.9. The van der Waals surface area contributed by atoms with Crippen molar-refractivity contribution in [3.8, 4) is 17.4 Å². The third-order valence-electron chi connectivity index (χ3n) is 7.12. The molecule has 5 rings (SSSR count). The molecule has 2 heterocycles. The Hall–Kier alpha value is -4.05. The van der Waals surface area contributed by atoms with E-state index in [1.807, 2.05) is 31.0 Å². The largest absolute Gasteiger partial charge is 0.489 e. The molecule has 2 fully saturated rings. The summed E-state index contributed by atoms with van der Waals surface area (Å²) in [7, 11) is 1.82. The molecule has 1 N–H and O–H groups in total. The first-order valence-electron chi connectivity index (χ1n) is 13.2. The van der Waals surface area contributed by atoms with Crippen LogP contribution < -0.4 is 19.5 Å². The van der Waals surface area contributed by atoms with Crippen molar-refractivity contribution in [2.45, 2.75) is 44.8 Å². The minimum Gasteiger partial charge on any atom is -0.489 e. The van der Waals surface area contributed by atoms with Crippen molar-refractivity contribution in [2.24, 2.45) is 5.92 Å². The fourth-order valence-corrected chi connectivity index (χ4v) is 4.69. The standard InChI is InChI=1S/C30H31F2N3O5/c1-18-6-11-22(12-7-18)33-28(36)23-4-3-5-27(34-23)40-29(37)24-14-21(16-35(24)2)20-10-13-25(39-30(31)32)26(15-20)38-17-19-8-9-19/h3-7,10-13,15,19,21,24,30H,8-9,14,16-17H2,1-2H3,(H,33,36). The summed E-state index contributed by atoms with van der Waals surface area (Å²) in [6.07, 6.45) is 2.59. The van der Waals surface area contributed by atoms with Crippen molar-refractivity contribution in [3.63, 3.8) is 0 Å². The number of hydrogen-bond donors (Lipinski definition) is 1. The molecule has 2 atom stereocenters. The van der Waals surface area contributed by atoms with Gasteiger partial charge in [0, 0.05) is 18.3 Å². The number of amides is 1. The molecule has 1 aliphatic heterocycles. The highest BCUT2D eigenvalue weighted by atomic mass is 19.3. The Balaban J connectivity index is 1.23. The average Bonchev–Trinajstić information content (AvgIpc) is 3.68. The van der Waals surface area contributed by atoms with Crippen molar-refractivity contribution in [1.82, 2.24) is 9.88 Å². The molecule has 1 aliphatic carbocycles. The molecule has 2 aromatic carbocycles. The molecule has 210 valence electrons. The summed E-state index contributed by atoms with van der Waals surface area (Å²) in [6.45, 7) is 0.0193. The molecule has 0 spiro atoms. The number of carbonyl (C=O) groups is 2. The highest BCUT2D eigenvalue weighted by molar-refractivity contribution is 6.03. The lowest BCUT2D eigenvalue weighted by atomic mass is 9.96. The summed E-state index contributed by atoms with van der Waals surface area (Å²) in [5, 5.41) is 2.78. The monoisotopic (exact) mass is 551 g/mol. The number of aromatic nitrogens is 1. The Kier molecular flexibility index (Phi) is 8.25. The fraction of sp³-hybridized carbons (Fsp3) is 0.367. The minimum absolute atomic E-state index is 0.000849. The maximum atomic E-state index is 13.1. The Morgan fingerprint density at radius 3 is 2.58 bits per heavy atom. The first-order chi connectivity index (χ1) is 19.2. The van der Waals surface area contributed by atoms with Gasteiger partial charge in [-0.15, -0.1) is 0 Å². The van der Waals surface area contributed by atoms with E-state index in [4.69, 9.17) is 9.47 Å². The molecule has 10 heteroatoms. The number of nitrogens with zero attached hydrogens (tertiary/aromatic N) is 2. The van der Waals surface area contributed by atoms with Crippen LogP contribution in [0.1, 0.15) is 46.8 Å². The smallest absolute Gasteiger partial charge is 0.387 e. The van der Waals surface area contributed by atoms with Crippen LogP contribution in [0.2, 0.25) is 0 Å². The molecule has 0 radical (unpaired) electrons. The predicted molar refractivity (Wildman–Crippen MR) is 144 cm³/mol. The number of esters is 1.